The number of aryl methyl sites for hydroxylation is 2. The minimum absolute atomic E-state index is 0.0716. The number of Topliss-reactive ketones (excluding diaryl/α,β-unsaturated/α-hetero) is 1. The summed E-state index contributed by atoms with van der Waals surface area (Å²) in [4.78, 5) is 14.7. The van der Waals surface area contributed by atoms with Gasteiger partial charge in [-0.2, -0.15) is 0 Å². The highest BCUT2D eigenvalue weighted by Crippen LogP contribution is 2.20. The molecule has 0 saturated carbocycles. The zero-order chi connectivity index (χ0) is 15.8. The predicted octanol–water partition coefficient (Wildman–Crippen LogP) is 1.99. The topological polar surface area (TPSA) is 54.5 Å². The first-order chi connectivity index (χ1) is 9.71. The average Bonchev–Trinajstić information content (AvgIpc) is 2.39. The molecule has 1 heterocycles. The van der Waals surface area contributed by atoms with Crippen molar-refractivity contribution in [2.45, 2.75) is 39.8 Å². The summed E-state index contributed by atoms with van der Waals surface area (Å²) in [5.41, 5.74) is 2.77. The van der Waals surface area contributed by atoms with Gasteiger partial charge >= 0.3 is 0 Å². The fraction of sp³-hybridized carbons (Fsp3) is 0.562. The van der Waals surface area contributed by atoms with E-state index in [1.165, 1.54) is 0 Å². The van der Waals surface area contributed by atoms with E-state index in [9.17, 15) is 13.2 Å². The fourth-order valence-corrected chi connectivity index (χ4v) is 4.55. The molecule has 4 nitrogen and oxygen atoms in total. The normalized spacial score (nSPS) is 23.7. The summed E-state index contributed by atoms with van der Waals surface area (Å²) in [6.07, 6.45) is 0. The Balaban J connectivity index is 2.22. The Morgan fingerprint density at radius 1 is 1.33 bits per heavy atom. The third-order valence-electron chi connectivity index (χ3n) is 4.26. The van der Waals surface area contributed by atoms with Crippen molar-refractivity contribution in [1.29, 1.82) is 0 Å². The Labute approximate surface area is 127 Å². The molecule has 21 heavy (non-hydrogen) atoms. The molecule has 116 valence electrons. The van der Waals surface area contributed by atoms with Crippen molar-refractivity contribution in [3.63, 3.8) is 0 Å². The second-order valence-corrected chi connectivity index (χ2v) is 8.29. The molecule has 0 amide bonds. The molecule has 1 fully saturated rings. The largest absolute Gasteiger partial charge is 0.292 e. The quantitative estimate of drug-likeness (QED) is 0.801. The van der Waals surface area contributed by atoms with Gasteiger partial charge in [-0.15, -0.1) is 0 Å². The lowest BCUT2D eigenvalue weighted by Gasteiger charge is -2.37. The molecule has 0 N–H and O–H groups in total. The van der Waals surface area contributed by atoms with Crippen LogP contribution in [0.4, 0.5) is 0 Å². The van der Waals surface area contributed by atoms with Crippen LogP contribution in [0, 0.1) is 13.8 Å². The zero-order valence-corrected chi connectivity index (χ0v) is 13.9. The van der Waals surface area contributed by atoms with Crippen molar-refractivity contribution in [2.24, 2.45) is 0 Å². The molecular weight excluding hydrogens is 286 g/mol. The molecule has 0 radical (unpaired) electrons. The van der Waals surface area contributed by atoms with Crippen LogP contribution in [0.1, 0.15) is 35.3 Å². The number of rotatable bonds is 3. The van der Waals surface area contributed by atoms with Crippen LogP contribution in [-0.4, -0.2) is 49.2 Å². The van der Waals surface area contributed by atoms with E-state index < -0.39 is 9.84 Å². The second-order valence-electron chi connectivity index (χ2n) is 6.06. The maximum Gasteiger partial charge on any atom is 0.179 e. The molecule has 0 aliphatic carbocycles. The lowest BCUT2D eigenvalue weighted by atomic mass is 9.97. The zero-order valence-electron chi connectivity index (χ0n) is 13.1. The second kappa shape index (κ2) is 5.89. The molecule has 2 unspecified atom stereocenters. The Kier molecular flexibility index (Phi) is 4.54. The Bertz CT molecular complexity index is 651. The number of nitrogens with zero attached hydrogens (tertiary/aromatic N) is 1. The molecule has 5 heteroatoms. The smallest absolute Gasteiger partial charge is 0.179 e. The third kappa shape index (κ3) is 3.52. The molecule has 0 bridgehead atoms. The van der Waals surface area contributed by atoms with Crippen molar-refractivity contribution < 1.29 is 13.2 Å². The van der Waals surface area contributed by atoms with E-state index in [2.05, 4.69) is 0 Å². The van der Waals surface area contributed by atoms with Gasteiger partial charge in [0.25, 0.3) is 0 Å². The number of benzene rings is 1. The summed E-state index contributed by atoms with van der Waals surface area (Å²) in [7, 11) is -2.96. The first kappa shape index (κ1) is 16.2. The molecule has 1 saturated heterocycles. The van der Waals surface area contributed by atoms with Gasteiger partial charge < -0.3 is 0 Å². The van der Waals surface area contributed by atoms with E-state index in [0.29, 0.717) is 6.54 Å². The van der Waals surface area contributed by atoms with E-state index in [0.717, 1.165) is 16.7 Å². The minimum atomic E-state index is -2.96. The predicted molar refractivity (Wildman–Crippen MR) is 84.5 cm³/mol. The van der Waals surface area contributed by atoms with Gasteiger partial charge in [-0.3, -0.25) is 9.69 Å². The van der Waals surface area contributed by atoms with Crippen LogP contribution in [0.3, 0.4) is 0 Å². The van der Waals surface area contributed by atoms with Crippen LogP contribution in [0.15, 0.2) is 18.2 Å². The summed E-state index contributed by atoms with van der Waals surface area (Å²) < 4.78 is 23.3. The van der Waals surface area contributed by atoms with Gasteiger partial charge in [0.2, 0.25) is 0 Å². The van der Waals surface area contributed by atoms with E-state index in [4.69, 9.17) is 0 Å². The number of hydrogen-bond donors (Lipinski definition) is 0. The standard InChI is InChI=1S/C16H23NO3S/c1-11-5-6-12(2)15(9-11)16(18)14(4)17-7-8-21(19,20)10-13(17)3/h5-6,9,13-14H,7-8,10H2,1-4H3. The highest BCUT2D eigenvalue weighted by molar-refractivity contribution is 7.91. The van der Waals surface area contributed by atoms with E-state index in [1.54, 1.807) is 0 Å². The van der Waals surface area contributed by atoms with Crippen LogP contribution >= 0.6 is 0 Å². The van der Waals surface area contributed by atoms with Gasteiger partial charge in [0.05, 0.1) is 17.5 Å². The van der Waals surface area contributed by atoms with Crippen molar-refractivity contribution in [2.75, 3.05) is 18.1 Å². The highest BCUT2D eigenvalue weighted by Gasteiger charge is 2.34. The first-order valence-electron chi connectivity index (χ1n) is 7.29. The molecule has 1 aliphatic heterocycles. The maximum atomic E-state index is 12.7. The third-order valence-corrected chi connectivity index (χ3v) is 6.05. The van der Waals surface area contributed by atoms with Gasteiger partial charge in [-0.25, -0.2) is 8.42 Å². The van der Waals surface area contributed by atoms with Gasteiger partial charge in [0.15, 0.2) is 15.6 Å². The van der Waals surface area contributed by atoms with Gasteiger partial charge in [0.1, 0.15) is 0 Å². The van der Waals surface area contributed by atoms with Crippen molar-refractivity contribution in [3.8, 4) is 0 Å². The first-order valence-corrected chi connectivity index (χ1v) is 9.11. The van der Waals surface area contributed by atoms with Crippen molar-refractivity contribution >= 4 is 15.6 Å². The summed E-state index contributed by atoms with van der Waals surface area (Å²) in [5, 5.41) is 0. The SMILES string of the molecule is Cc1ccc(C)c(C(=O)C(C)N2CCS(=O)(=O)CC2C)c1. The van der Waals surface area contributed by atoms with Gasteiger partial charge in [0, 0.05) is 18.2 Å². The molecule has 1 aromatic carbocycles. The Morgan fingerprint density at radius 3 is 2.62 bits per heavy atom. The van der Waals surface area contributed by atoms with Crippen LogP contribution in [-0.2, 0) is 9.84 Å². The average molecular weight is 309 g/mol. The van der Waals surface area contributed by atoms with E-state index >= 15 is 0 Å². The van der Waals surface area contributed by atoms with Gasteiger partial charge in [-0.05, 0) is 39.3 Å². The van der Waals surface area contributed by atoms with Crippen LogP contribution in [0.25, 0.3) is 0 Å². The summed E-state index contributed by atoms with van der Waals surface area (Å²) in [6, 6.07) is 5.45. The number of ketones is 1. The molecule has 2 atom stereocenters. The van der Waals surface area contributed by atoms with Crippen molar-refractivity contribution in [3.05, 3.63) is 34.9 Å². The van der Waals surface area contributed by atoms with Crippen LogP contribution < -0.4 is 0 Å². The number of carbonyl (C=O) groups excluding carboxylic acids is 1. The van der Waals surface area contributed by atoms with Crippen LogP contribution in [0.2, 0.25) is 0 Å². The fourth-order valence-electron chi connectivity index (χ4n) is 2.96. The minimum Gasteiger partial charge on any atom is -0.292 e. The van der Waals surface area contributed by atoms with Crippen molar-refractivity contribution in [1.82, 2.24) is 4.90 Å². The Morgan fingerprint density at radius 2 is 2.00 bits per heavy atom. The molecule has 2 rings (SSSR count). The van der Waals surface area contributed by atoms with Crippen LogP contribution in [0.5, 0.6) is 0 Å². The molecular formula is C16H23NO3S. The lowest BCUT2D eigenvalue weighted by Crippen LogP contribution is -2.53. The summed E-state index contributed by atoms with van der Waals surface area (Å²) in [5.74, 6) is 0.349. The molecule has 1 aromatic rings. The highest BCUT2D eigenvalue weighted by atomic mass is 32.2. The monoisotopic (exact) mass is 309 g/mol. The van der Waals surface area contributed by atoms with E-state index in [-0.39, 0.29) is 29.4 Å². The molecule has 1 aliphatic rings. The number of sulfone groups is 1. The van der Waals surface area contributed by atoms with Gasteiger partial charge in [-0.1, -0.05) is 17.7 Å². The Hall–Kier alpha value is -1.20. The van der Waals surface area contributed by atoms with E-state index in [1.807, 2.05) is 50.8 Å². The summed E-state index contributed by atoms with van der Waals surface area (Å²) >= 11 is 0. The number of carbonyl (C=O) groups is 1. The molecule has 0 spiro atoms. The maximum absolute atomic E-state index is 12.7. The lowest BCUT2D eigenvalue weighted by molar-refractivity contribution is 0.0794. The molecule has 0 aromatic heterocycles. The number of hydrogen-bond acceptors (Lipinski definition) is 4. The summed E-state index contributed by atoms with van der Waals surface area (Å²) in [6.45, 7) is 8.09.